The maximum atomic E-state index is 14.3. The molecule has 1 saturated heterocycles. The molecule has 2 heterocycles. The number of rotatable bonds is 6. The van der Waals surface area contributed by atoms with Gasteiger partial charge in [-0.1, -0.05) is 39.0 Å². The van der Waals surface area contributed by atoms with Gasteiger partial charge in [-0.2, -0.15) is 0 Å². The standard InChI is InChI=1S/C37H55NO9/c1-12-28-36(7,43)19-21(2)30(39)22(3)20-37(8,44-11)29(24(5)31(40)25(6)34(41)46-28)33-32(27(38(9)10)18-23(4)45-33)47-35(42)26-16-14-13-15-17-26/h13-17,19,22-25,27-29,32-33,43H,12,18,20H2,1-11H3/b21-19+/t22-,23-,24-,25-,27+,28?,29?,32-,33+,36+,37-/m1/s1. The Bertz CT molecular complexity index is 1310. The van der Waals surface area contributed by atoms with Crippen LogP contribution in [0.1, 0.15) is 85.0 Å². The summed E-state index contributed by atoms with van der Waals surface area (Å²) in [5, 5.41) is 11.3. The fourth-order valence-corrected chi connectivity index (χ4v) is 7.55. The number of ketones is 2. The maximum absolute atomic E-state index is 14.3. The Labute approximate surface area is 280 Å². The number of hydrogen-bond acceptors (Lipinski definition) is 10. The van der Waals surface area contributed by atoms with Crippen LogP contribution in [0.4, 0.5) is 0 Å². The lowest BCUT2D eigenvalue weighted by molar-refractivity contribution is -0.211. The number of carbonyl (C=O) groups is 4. The number of likely N-dealkylation sites (N-methyl/N-ethyl adjacent to an activating group) is 1. The predicted molar refractivity (Wildman–Crippen MR) is 178 cm³/mol. The van der Waals surface area contributed by atoms with Gasteiger partial charge in [-0.15, -0.1) is 0 Å². The molecule has 0 bridgehead atoms. The molecule has 10 heteroatoms. The van der Waals surface area contributed by atoms with Gasteiger partial charge in [0, 0.05) is 24.9 Å². The molecule has 11 atom stereocenters. The summed E-state index contributed by atoms with van der Waals surface area (Å²) < 4.78 is 25.0. The molecule has 1 N–H and O–H groups in total. The molecule has 1 aromatic rings. The molecular weight excluding hydrogens is 602 g/mol. The summed E-state index contributed by atoms with van der Waals surface area (Å²) in [6, 6.07) is 8.42. The van der Waals surface area contributed by atoms with Crippen LogP contribution in [0.2, 0.25) is 0 Å². The lowest BCUT2D eigenvalue weighted by Gasteiger charge is -2.51. The minimum atomic E-state index is -1.64. The first-order chi connectivity index (χ1) is 21.9. The zero-order valence-electron chi connectivity index (χ0n) is 29.9. The fourth-order valence-electron chi connectivity index (χ4n) is 7.55. The molecule has 3 rings (SSSR count). The van der Waals surface area contributed by atoms with E-state index >= 15 is 0 Å². The number of ether oxygens (including phenoxy) is 4. The molecule has 2 aliphatic heterocycles. The van der Waals surface area contributed by atoms with Crippen molar-refractivity contribution in [1.82, 2.24) is 4.90 Å². The van der Waals surface area contributed by atoms with Gasteiger partial charge in [0.25, 0.3) is 0 Å². The molecule has 1 fully saturated rings. The van der Waals surface area contributed by atoms with Crippen molar-refractivity contribution >= 4 is 23.5 Å². The van der Waals surface area contributed by atoms with E-state index in [4.69, 9.17) is 18.9 Å². The van der Waals surface area contributed by atoms with Crippen molar-refractivity contribution in [2.75, 3.05) is 21.2 Å². The Morgan fingerprint density at radius 1 is 1.06 bits per heavy atom. The number of Topliss-reactive ketones (excluding diaryl/α,β-unsaturated/α-hetero) is 2. The van der Waals surface area contributed by atoms with Gasteiger partial charge in [0.2, 0.25) is 0 Å². The van der Waals surface area contributed by atoms with Gasteiger partial charge in [0.1, 0.15) is 35.6 Å². The Morgan fingerprint density at radius 3 is 2.23 bits per heavy atom. The van der Waals surface area contributed by atoms with Crippen LogP contribution in [0, 0.1) is 23.7 Å². The number of hydrogen-bond donors (Lipinski definition) is 1. The first-order valence-electron chi connectivity index (χ1n) is 16.7. The molecule has 0 radical (unpaired) electrons. The van der Waals surface area contributed by atoms with Gasteiger partial charge in [-0.3, -0.25) is 14.4 Å². The predicted octanol–water partition coefficient (Wildman–Crippen LogP) is 4.81. The summed E-state index contributed by atoms with van der Waals surface area (Å²) >= 11 is 0. The molecular formula is C37H55NO9. The number of carbonyl (C=O) groups excluding carboxylic acids is 4. The molecule has 262 valence electrons. The summed E-state index contributed by atoms with van der Waals surface area (Å²) in [6.07, 6.45) is -0.465. The highest BCUT2D eigenvalue weighted by Gasteiger charge is 2.55. The zero-order chi connectivity index (χ0) is 35.4. The molecule has 2 aliphatic rings. The number of benzene rings is 1. The average Bonchev–Trinajstić information content (AvgIpc) is 3.02. The molecule has 0 saturated carbocycles. The number of methoxy groups -OCH3 is 1. The van der Waals surface area contributed by atoms with Crippen molar-refractivity contribution < 1.29 is 43.2 Å². The van der Waals surface area contributed by atoms with Crippen molar-refractivity contribution in [3.05, 3.63) is 47.5 Å². The lowest BCUT2D eigenvalue weighted by Crippen LogP contribution is -2.63. The molecule has 0 spiro atoms. The SMILES string of the molecule is CCC1OC(=O)[C@H](C)C(=O)[C@H](C)C([C@@H]2O[C@H](C)C[C@H](N(C)C)[C@H]2OC(=O)c2ccccc2)[C@](C)(OC)C[C@@H](C)C(=O)/C(C)=C/[C@]1(C)O. The van der Waals surface area contributed by atoms with Gasteiger partial charge >= 0.3 is 11.9 Å². The van der Waals surface area contributed by atoms with Crippen LogP contribution in [0.25, 0.3) is 0 Å². The van der Waals surface area contributed by atoms with E-state index in [2.05, 4.69) is 0 Å². The largest absolute Gasteiger partial charge is 0.458 e. The average molecular weight is 658 g/mol. The molecule has 1 aromatic carbocycles. The monoisotopic (exact) mass is 657 g/mol. The van der Waals surface area contributed by atoms with Gasteiger partial charge in [-0.05, 0) is 91.8 Å². The Balaban J connectivity index is 2.23. The minimum Gasteiger partial charge on any atom is -0.458 e. The molecule has 47 heavy (non-hydrogen) atoms. The number of aliphatic hydroxyl groups is 1. The van der Waals surface area contributed by atoms with Crippen LogP contribution in [0.3, 0.4) is 0 Å². The fraction of sp³-hybridized carbons (Fsp3) is 0.676. The Kier molecular flexibility index (Phi) is 12.7. The van der Waals surface area contributed by atoms with E-state index in [1.165, 1.54) is 27.0 Å². The second-order valence-electron chi connectivity index (χ2n) is 14.2. The van der Waals surface area contributed by atoms with E-state index in [-0.39, 0.29) is 30.8 Å². The minimum absolute atomic E-state index is 0.189. The first kappa shape index (κ1) is 38.5. The molecule has 0 aliphatic carbocycles. The van der Waals surface area contributed by atoms with Crippen LogP contribution >= 0.6 is 0 Å². The van der Waals surface area contributed by atoms with Crippen LogP contribution in [0.15, 0.2) is 42.0 Å². The highest BCUT2D eigenvalue weighted by molar-refractivity contribution is 6.00. The quantitative estimate of drug-likeness (QED) is 0.336. The number of esters is 2. The van der Waals surface area contributed by atoms with Crippen LogP contribution in [0.5, 0.6) is 0 Å². The summed E-state index contributed by atoms with van der Waals surface area (Å²) in [6.45, 7) is 13.7. The Hall–Kier alpha value is -2.92. The summed E-state index contributed by atoms with van der Waals surface area (Å²) in [5.41, 5.74) is -2.10. The summed E-state index contributed by atoms with van der Waals surface area (Å²) in [7, 11) is 5.35. The van der Waals surface area contributed by atoms with E-state index < -0.39 is 70.9 Å². The van der Waals surface area contributed by atoms with Crippen molar-refractivity contribution in [3.63, 3.8) is 0 Å². The second kappa shape index (κ2) is 15.5. The van der Waals surface area contributed by atoms with Crippen LogP contribution in [-0.4, -0.2) is 96.4 Å². The topological polar surface area (TPSA) is 129 Å². The normalized spacial score (nSPS) is 39.0. The summed E-state index contributed by atoms with van der Waals surface area (Å²) in [5.74, 6) is -5.31. The lowest BCUT2D eigenvalue weighted by atomic mass is 9.66. The van der Waals surface area contributed by atoms with Crippen LogP contribution in [-0.2, 0) is 33.3 Å². The van der Waals surface area contributed by atoms with E-state index in [0.717, 1.165) is 0 Å². The Morgan fingerprint density at radius 2 is 1.68 bits per heavy atom. The third-order valence-electron chi connectivity index (χ3n) is 10.2. The first-order valence-corrected chi connectivity index (χ1v) is 16.7. The van der Waals surface area contributed by atoms with E-state index in [1.807, 2.05) is 38.9 Å². The van der Waals surface area contributed by atoms with Gasteiger partial charge < -0.3 is 29.0 Å². The molecule has 10 nitrogen and oxygen atoms in total. The number of allylic oxidation sites excluding steroid dienone is 1. The van der Waals surface area contributed by atoms with Gasteiger partial charge in [0.05, 0.1) is 23.3 Å². The van der Waals surface area contributed by atoms with Crippen molar-refractivity contribution in [2.24, 2.45) is 23.7 Å². The van der Waals surface area contributed by atoms with Gasteiger partial charge in [0.15, 0.2) is 5.78 Å². The third kappa shape index (κ3) is 8.57. The van der Waals surface area contributed by atoms with Crippen molar-refractivity contribution in [1.29, 1.82) is 0 Å². The van der Waals surface area contributed by atoms with E-state index in [1.54, 1.807) is 52.0 Å². The maximum Gasteiger partial charge on any atom is 0.338 e. The molecule has 0 amide bonds. The molecule has 2 unspecified atom stereocenters. The highest BCUT2D eigenvalue weighted by atomic mass is 16.6. The third-order valence-corrected chi connectivity index (χ3v) is 10.2. The van der Waals surface area contributed by atoms with E-state index in [9.17, 15) is 24.3 Å². The van der Waals surface area contributed by atoms with Gasteiger partial charge in [-0.25, -0.2) is 4.79 Å². The zero-order valence-corrected chi connectivity index (χ0v) is 29.9. The second-order valence-corrected chi connectivity index (χ2v) is 14.2. The number of cyclic esters (lactones) is 1. The van der Waals surface area contributed by atoms with Crippen molar-refractivity contribution in [2.45, 2.75) is 116 Å². The van der Waals surface area contributed by atoms with E-state index in [0.29, 0.717) is 17.6 Å². The molecule has 0 aromatic heterocycles. The highest BCUT2D eigenvalue weighted by Crippen LogP contribution is 2.44. The smallest absolute Gasteiger partial charge is 0.338 e. The summed E-state index contributed by atoms with van der Waals surface area (Å²) in [4.78, 5) is 57.1. The van der Waals surface area contributed by atoms with Crippen molar-refractivity contribution in [3.8, 4) is 0 Å². The van der Waals surface area contributed by atoms with Crippen LogP contribution < -0.4 is 0 Å². The number of nitrogens with zero attached hydrogens (tertiary/aromatic N) is 1.